The Bertz CT molecular complexity index is 436. The molecule has 1 saturated carbocycles. The van der Waals surface area contributed by atoms with Crippen molar-refractivity contribution in [2.24, 2.45) is 11.8 Å². The fourth-order valence-corrected chi connectivity index (χ4v) is 3.43. The molecule has 3 rings (SSSR count). The molecule has 1 heterocycles. The molecule has 2 fully saturated rings. The third kappa shape index (κ3) is 2.68. The van der Waals surface area contributed by atoms with Gasteiger partial charge in [0, 0.05) is 18.8 Å². The van der Waals surface area contributed by atoms with Crippen molar-refractivity contribution in [2.75, 3.05) is 26.9 Å². The lowest BCUT2D eigenvalue weighted by atomic mass is 10.0. The number of ether oxygens (including phenoxy) is 3. The Morgan fingerprint density at radius 2 is 1.95 bits per heavy atom. The highest BCUT2D eigenvalue weighted by atomic mass is 16.5. The van der Waals surface area contributed by atoms with Crippen LogP contribution in [0.4, 0.5) is 0 Å². The van der Waals surface area contributed by atoms with E-state index >= 15 is 0 Å². The van der Waals surface area contributed by atoms with Gasteiger partial charge in [-0.15, -0.1) is 0 Å². The molecule has 0 amide bonds. The summed E-state index contributed by atoms with van der Waals surface area (Å²) in [6.07, 6.45) is 1.99. The molecule has 1 N–H and O–H groups in total. The molecule has 4 nitrogen and oxygen atoms in total. The molecule has 1 aromatic rings. The smallest absolute Gasteiger partial charge is 0.124 e. The van der Waals surface area contributed by atoms with Crippen molar-refractivity contribution in [3.63, 3.8) is 0 Å². The average molecular weight is 278 g/mol. The van der Waals surface area contributed by atoms with Crippen LogP contribution in [0.3, 0.4) is 0 Å². The zero-order chi connectivity index (χ0) is 13.9. The Labute approximate surface area is 119 Å². The molecular weight excluding hydrogens is 256 g/mol. The third-order valence-corrected chi connectivity index (χ3v) is 4.47. The van der Waals surface area contributed by atoms with Crippen LogP contribution in [0.25, 0.3) is 0 Å². The monoisotopic (exact) mass is 278 g/mol. The Hall–Kier alpha value is -1.10. The first-order chi connectivity index (χ1) is 9.81. The second-order valence-electron chi connectivity index (χ2n) is 5.70. The fraction of sp³-hybridized carbons (Fsp3) is 0.625. The first-order valence-electron chi connectivity index (χ1n) is 7.28. The third-order valence-electron chi connectivity index (χ3n) is 4.47. The van der Waals surface area contributed by atoms with E-state index in [2.05, 4.69) is 0 Å². The van der Waals surface area contributed by atoms with Crippen LogP contribution >= 0.6 is 0 Å². The zero-order valence-corrected chi connectivity index (χ0v) is 11.8. The predicted molar refractivity (Wildman–Crippen MR) is 74.7 cm³/mol. The van der Waals surface area contributed by atoms with E-state index in [1.165, 1.54) is 0 Å². The summed E-state index contributed by atoms with van der Waals surface area (Å²) in [7, 11) is 1.64. The summed E-state index contributed by atoms with van der Waals surface area (Å²) >= 11 is 0. The van der Waals surface area contributed by atoms with Gasteiger partial charge in [-0.05, 0) is 30.7 Å². The normalized spacial score (nSPS) is 27.5. The number of methoxy groups -OCH3 is 1. The zero-order valence-electron chi connectivity index (χ0n) is 11.8. The van der Waals surface area contributed by atoms with Gasteiger partial charge in [-0.1, -0.05) is 18.2 Å². The van der Waals surface area contributed by atoms with E-state index in [1.54, 1.807) is 7.11 Å². The summed E-state index contributed by atoms with van der Waals surface area (Å²) in [5, 5.41) is 9.66. The minimum Gasteiger partial charge on any atom is -0.496 e. The van der Waals surface area contributed by atoms with Crippen LogP contribution in [0.2, 0.25) is 0 Å². The van der Waals surface area contributed by atoms with Crippen LogP contribution in [0, 0.1) is 11.8 Å². The Balaban J connectivity index is 1.68. The summed E-state index contributed by atoms with van der Waals surface area (Å²) in [6.45, 7) is 1.70. The van der Waals surface area contributed by atoms with Gasteiger partial charge in [-0.2, -0.15) is 0 Å². The molecule has 20 heavy (non-hydrogen) atoms. The largest absolute Gasteiger partial charge is 0.496 e. The molecule has 0 radical (unpaired) electrons. The van der Waals surface area contributed by atoms with E-state index in [0.29, 0.717) is 11.8 Å². The van der Waals surface area contributed by atoms with Crippen molar-refractivity contribution in [1.82, 2.24) is 0 Å². The van der Waals surface area contributed by atoms with E-state index in [-0.39, 0.29) is 18.8 Å². The van der Waals surface area contributed by atoms with Gasteiger partial charge in [-0.3, -0.25) is 0 Å². The summed E-state index contributed by atoms with van der Waals surface area (Å²) in [6, 6.07) is 7.73. The van der Waals surface area contributed by atoms with Gasteiger partial charge in [0.05, 0.1) is 19.8 Å². The quantitative estimate of drug-likeness (QED) is 0.896. The lowest BCUT2D eigenvalue weighted by Gasteiger charge is -2.23. The van der Waals surface area contributed by atoms with Gasteiger partial charge >= 0.3 is 0 Å². The maximum absolute atomic E-state index is 9.66. The molecule has 2 aliphatic rings. The van der Waals surface area contributed by atoms with Crippen LogP contribution in [-0.4, -0.2) is 38.1 Å². The van der Waals surface area contributed by atoms with E-state index in [4.69, 9.17) is 14.2 Å². The van der Waals surface area contributed by atoms with Gasteiger partial charge in [0.2, 0.25) is 0 Å². The van der Waals surface area contributed by atoms with Crippen LogP contribution in [0.15, 0.2) is 24.3 Å². The maximum atomic E-state index is 9.66. The number of rotatable bonds is 5. The van der Waals surface area contributed by atoms with Gasteiger partial charge in [0.25, 0.3) is 0 Å². The first kappa shape index (κ1) is 13.9. The Kier molecular flexibility index (Phi) is 4.24. The van der Waals surface area contributed by atoms with Gasteiger partial charge in [-0.25, -0.2) is 0 Å². The first-order valence-corrected chi connectivity index (χ1v) is 7.28. The number of hydrogen-bond donors (Lipinski definition) is 1. The number of aliphatic hydroxyl groups is 1. The van der Waals surface area contributed by atoms with Crippen molar-refractivity contribution < 1.29 is 19.3 Å². The van der Waals surface area contributed by atoms with Crippen molar-refractivity contribution in [1.29, 1.82) is 0 Å². The lowest BCUT2D eigenvalue weighted by molar-refractivity contribution is -0.0450. The number of hydrogen-bond acceptors (Lipinski definition) is 4. The second kappa shape index (κ2) is 6.12. The average Bonchev–Trinajstić information content (AvgIpc) is 3.05. The van der Waals surface area contributed by atoms with Gasteiger partial charge in [0.15, 0.2) is 0 Å². The highest BCUT2D eigenvalue weighted by molar-refractivity contribution is 5.35. The van der Waals surface area contributed by atoms with E-state index < -0.39 is 0 Å². The minimum absolute atomic E-state index is 0.0251. The van der Waals surface area contributed by atoms with Crippen molar-refractivity contribution in [3.05, 3.63) is 29.8 Å². The fourth-order valence-electron chi connectivity index (χ4n) is 3.43. The molecule has 1 aliphatic carbocycles. The highest BCUT2D eigenvalue weighted by Crippen LogP contribution is 2.40. The van der Waals surface area contributed by atoms with Crippen LogP contribution in [-0.2, 0) is 9.47 Å². The minimum atomic E-state index is -0.309. The van der Waals surface area contributed by atoms with Gasteiger partial charge < -0.3 is 19.3 Å². The summed E-state index contributed by atoms with van der Waals surface area (Å²) in [5.74, 6) is 2.04. The molecule has 0 aromatic heterocycles. The Morgan fingerprint density at radius 3 is 2.60 bits per heavy atom. The number of para-hydroxylation sites is 1. The second-order valence-corrected chi connectivity index (χ2v) is 5.70. The molecule has 1 saturated heterocycles. The number of benzene rings is 1. The van der Waals surface area contributed by atoms with Gasteiger partial charge in [0.1, 0.15) is 11.9 Å². The molecule has 1 aromatic carbocycles. The summed E-state index contributed by atoms with van der Waals surface area (Å²) in [4.78, 5) is 0. The van der Waals surface area contributed by atoms with Crippen LogP contribution in [0.1, 0.15) is 24.5 Å². The maximum Gasteiger partial charge on any atom is 0.124 e. The SMILES string of the molecule is COc1ccccc1C(CO)OC1C[C@H]2COC[C@@H]2C1. The Morgan fingerprint density at radius 1 is 1.25 bits per heavy atom. The van der Waals surface area contributed by atoms with E-state index in [0.717, 1.165) is 37.4 Å². The molecule has 0 spiro atoms. The number of aliphatic hydroxyl groups excluding tert-OH is 1. The van der Waals surface area contributed by atoms with E-state index in [9.17, 15) is 5.11 Å². The van der Waals surface area contributed by atoms with Crippen molar-refractivity contribution in [2.45, 2.75) is 25.0 Å². The number of fused-ring (bicyclic) bond motifs is 1. The molecule has 110 valence electrons. The predicted octanol–water partition coefficient (Wildman–Crippen LogP) is 2.17. The standard InChI is InChI=1S/C16H22O4/c1-18-15-5-3-2-4-14(15)16(8-17)20-13-6-11-9-19-10-12(11)7-13/h2-5,11-13,16-17H,6-10H2,1H3/t11-,12-,16?/m0/s1. The van der Waals surface area contributed by atoms with Crippen molar-refractivity contribution >= 4 is 0 Å². The highest BCUT2D eigenvalue weighted by Gasteiger charge is 2.39. The molecular formula is C16H22O4. The van der Waals surface area contributed by atoms with Crippen LogP contribution in [0.5, 0.6) is 5.75 Å². The molecule has 0 bridgehead atoms. The topological polar surface area (TPSA) is 47.9 Å². The molecule has 3 atom stereocenters. The summed E-state index contributed by atoms with van der Waals surface area (Å²) in [5.41, 5.74) is 0.922. The molecule has 1 unspecified atom stereocenters. The lowest BCUT2D eigenvalue weighted by Crippen LogP contribution is -2.18. The van der Waals surface area contributed by atoms with Crippen LogP contribution < -0.4 is 4.74 Å². The molecule has 1 aliphatic heterocycles. The summed E-state index contributed by atoms with van der Waals surface area (Å²) < 4.78 is 17.0. The van der Waals surface area contributed by atoms with Crippen molar-refractivity contribution in [3.8, 4) is 5.75 Å². The molecule has 4 heteroatoms. The van der Waals surface area contributed by atoms with E-state index in [1.807, 2.05) is 24.3 Å².